The van der Waals surface area contributed by atoms with Crippen LogP contribution >= 0.6 is 11.8 Å². The number of para-hydroxylation sites is 1. The molecule has 1 amide bonds. The molecule has 0 bridgehead atoms. The molecule has 2 N–H and O–H groups in total. The number of hydrogen-bond donors (Lipinski definition) is 2. The highest BCUT2D eigenvalue weighted by molar-refractivity contribution is 7.99. The van der Waals surface area contributed by atoms with Gasteiger partial charge in [-0.15, -0.1) is 16.9 Å². The summed E-state index contributed by atoms with van der Waals surface area (Å²) in [6.07, 6.45) is 2.82. The number of fused-ring (bicyclic) bond motifs is 1. The van der Waals surface area contributed by atoms with Crippen LogP contribution in [0.25, 0.3) is 10.9 Å². The van der Waals surface area contributed by atoms with Crippen LogP contribution in [0.5, 0.6) is 0 Å². The monoisotopic (exact) mass is 358 g/mol. The Morgan fingerprint density at radius 1 is 1.36 bits per heavy atom. The Morgan fingerprint density at radius 3 is 3.04 bits per heavy atom. The number of tetrazole rings is 1. The summed E-state index contributed by atoms with van der Waals surface area (Å²) in [5.74, 6) is 1.86. The third kappa shape index (κ3) is 4.39. The molecule has 1 aromatic carbocycles. The number of thioether (sulfide) groups is 1. The molecule has 0 fully saturated rings. The maximum atomic E-state index is 12.0. The van der Waals surface area contributed by atoms with Gasteiger partial charge < -0.3 is 10.3 Å². The van der Waals surface area contributed by atoms with Crippen LogP contribution in [0.4, 0.5) is 0 Å². The number of hydrogen-bond acceptors (Lipinski definition) is 5. The van der Waals surface area contributed by atoms with E-state index in [0.717, 1.165) is 17.8 Å². The van der Waals surface area contributed by atoms with Crippen LogP contribution in [0.1, 0.15) is 31.3 Å². The Kier molecular flexibility index (Phi) is 5.70. The number of carbonyl (C=O) groups is 1. The van der Waals surface area contributed by atoms with Gasteiger partial charge >= 0.3 is 0 Å². The van der Waals surface area contributed by atoms with Crippen molar-refractivity contribution in [3.05, 3.63) is 41.9 Å². The van der Waals surface area contributed by atoms with Crippen molar-refractivity contribution in [3.8, 4) is 0 Å². The number of aromatic amines is 1. The molecule has 8 heteroatoms. The van der Waals surface area contributed by atoms with Crippen LogP contribution in [0.15, 0.2) is 30.5 Å². The molecule has 7 nitrogen and oxygen atoms in total. The zero-order valence-corrected chi connectivity index (χ0v) is 15.2. The van der Waals surface area contributed by atoms with Gasteiger partial charge in [0.2, 0.25) is 5.91 Å². The van der Waals surface area contributed by atoms with E-state index in [9.17, 15) is 4.79 Å². The van der Waals surface area contributed by atoms with Gasteiger partial charge in [-0.25, -0.2) is 4.68 Å². The number of rotatable bonds is 8. The van der Waals surface area contributed by atoms with Crippen molar-refractivity contribution in [2.24, 2.45) is 0 Å². The molecule has 3 rings (SSSR count). The van der Waals surface area contributed by atoms with Crippen molar-refractivity contribution in [1.29, 1.82) is 0 Å². The van der Waals surface area contributed by atoms with E-state index in [-0.39, 0.29) is 11.9 Å². The average molecular weight is 358 g/mol. The predicted molar refractivity (Wildman–Crippen MR) is 99.4 cm³/mol. The van der Waals surface area contributed by atoms with Crippen LogP contribution in [0.2, 0.25) is 0 Å². The summed E-state index contributed by atoms with van der Waals surface area (Å²) in [4.78, 5) is 15.2. The van der Waals surface area contributed by atoms with E-state index in [0.29, 0.717) is 18.1 Å². The summed E-state index contributed by atoms with van der Waals surface area (Å²) < 4.78 is 1.78. The summed E-state index contributed by atoms with van der Waals surface area (Å²) in [6, 6.07) is 8.41. The lowest BCUT2D eigenvalue weighted by Gasteiger charge is -2.07. The van der Waals surface area contributed by atoms with Crippen molar-refractivity contribution in [3.63, 3.8) is 0 Å². The van der Waals surface area contributed by atoms with E-state index in [2.05, 4.69) is 38.0 Å². The molecule has 0 saturated heterocycles. The van der Waals surface area contributed by atoms with E-state index < -0.39 is 0 Å². The van der Waals surface area contributed by atoms with Gasteiger partial charge in [0.25, 0.3) is 0 Å². The number of nitrogens with one attached hydrogen (secondary N) is 2. The molecule has 0 aliphatic rings. The van der Waals surface area contributed by atoms with Crippen LogP contribution in [0.3, 0.4) is 0 Å². The maximum absolute atomic E-state index is 12.0. The quantitative estimate of drug-likeness (QED) is 0.645. The minimum absolute atomic E-state index is 0.0356. The Bertz CT molecular complexity index is 840. The number of benzene rings is 1. The molecular weight excluding hydrogens is 336 g/mol. The number of carbonyl (C=O) groups excluding carboxylic acids is 1. The molecule has 0 aliphatic heterocycles. The Morgan fingerprint density at radius 2 is 2.20 bits per heavy atom. The first-order valence-electron chi connectivity index (χ1n) is 8.31. The van der Waals surface area contributed by atoms with Crippen molar-refractivity contribution >= 4 is 28.6 Å². The number of aromatic nitrogens is 5. The molecule has 132 valence electrons. The molecule has 0 aliphatic carbocycles. The lowest BCUT2D eigenvalue weighted by Crippen LogP contribution is -2.27. The fraction of sp³-hybridized carbons (Fsp3) is 0.412. The van der Waals surface area contributed by atoms with E-state index in [4.69, 9.17) is 0 Å². The smallest absolute Gasteiger partial charge is 0.230 e. The van der Waals surface area contributed by atoms with Gasteiger partial charge in [0.05, 0.1) is 17.5 Å². The van der Waals surface area contributed by atoms with Gasteiger partial charge in [-0.3, -0.25) is 4.79 Å². The van der Waals surface area contributed by atoms with E-state index in [1.807, 2.05) is 32.2 Å². The topological polar surface area (TPSA) is 88.5 Å². The molecule has 0 atom stereocenters. The number of amides is 1. The van der Waals surface area contributed by atoms with Crippen LogP contribution in [-0.2, 0) is 17.0 Å². The fourth-order valence-electron chi connectivity index (χ4n) is 2.67. The summed E-state index contributed by atoms with van der Waals surface area (Å²) >= 11 is 1.52. The molecule has 3 aromatic rings. The predicted octanol–water partition coefficient (Wildman–Crippen LogP) is 2.33. The zero-order chi connectivity index (χ0) is 17.6. The first-order chi connectivity index (χ1) is 12.1. The van der Waals surface area contributed by atoms with Crippen molar-refractivity contribution in [1.82, 2.24) is 30.5 Å². The number of nitrogens with zero attached hydrogens (tertiary/aromatic N) is 4. The van der Waals surface area contributed by atoms with E-state index in [1.54, 1.807) is 4.68 Å². The number of H-pyrrole nitrogens is 1. The highest BCUT2D eigenvalue weighted by Gasteiger charge is 2.10. The Balaban J connectivity index is 1.40. The van der Waals surface area contributed by atoms with Crippen LogP contribution in [0, 0.1) is 0 Å². The van der Waals surface area contributed by atoms with Gasteiger partial charge in [-0.1, -0.05) is 18.2 Å². The van der Waals surface area contributed by atoms with Crippen molar-refractivity contribution in [2.75, 3.05) is 12.3 Å². The second kappa shape index (κ2) is 8.15. The molecule has 0 spiro atoms. The minimum Gasteiger partial charge on any atom is -0.361 e. The summed E-state index contributed by atoms with van der Waals surface area (Å²) in [5.41, 5.74) is 2.35. The Hall–Kier alpha value is -2.35. The van der Waals surface area contributed by atoms with Crippen LogP contribution < -0.4 is 5.32 Å². The van der Waals surface area contributed by atoms with Crippen molar-refractivity contribution < 1.29 is 4.79 Å². The second-order valence-electron chi connectivity index (χ2n) is 6.09. The fourth-order valence-corrected chi connectivity index (χ4v) is 3.43. The largest absolute Gasteiger partial charge is 0.361 e. The highest BCUT2D eigenvalue weighted by atomic mass is 32.2. The lowest BCUT2D eigenvalue weighted by atomic mass is 10.1. The van der Waals surface area contributed by atoms with Gasteiger partial charge in [-0.05, 0) is 42.3 Å². The van der Waals surface area contributed by atoms with Gasteiger partial charge in [0.1, 0.15) is 0 Å². The van der Waals surface area contributed by atoms with E-state index >= 15 is 0 Å². The molecule has 2 heterocycles. The lowest BCUT2D eigenvalue weighted by molar-refractivity contribution is -0.118. The molecule has 0 radical (unpaired) electrons. The minimum atomic E-state index is 0.0356. The standard InChI is InChI=1S/C17H22N6OS/c1-12(2)23-16(20-21-22-23)10-25-11-17(24)18-8-7-13-9-19-15-6-4-3-5-14(13)15/h3-6,9,12,19H,7-8,10-11H2,1-2H3,(H,18,24). The van der Waals surface area contributed by atoms with Gasteiger partial charge in [0.15, 0.2) is 5.82 Å². The molecule has 0 unspecified atom stereocenters. The Labute approximate surface area is 150 Å². The molecule has 25 heavy (non-hydrogen) atoms. The molecule has 0 saturated carbocycles. The average Bonchev–Trinajstić information content (AvgIpc) is 3.22. The first-order valence-corrected chi connectivity index (χ1v) is 9.47. The molecular formula is C17H22N6OS. The SMILES string of the molecule is CC(C)n1nnnc1CSCC(=O)NCCc1c[nH]c2ccccc12. The molecule has 2 aromatic heterocycles. The summed E-state index contributed by atoms with van der Waals surface area (Å²) in [6.45, 7) is 4.69. The normalized spacial score (nSPS) is 11.3. The van der Waals surface area contributed by atoms with E-state index in [1.165, 1.54) is 22.7 Å². The summed E-state index contributed by atoms with van der Waals surface area (Å²) in [7, 11) is 0. The van der Waals surface area contributed by atoms with Crippen LogP contribution in [-0.4, -0.2) is 43.4 Å². The first kappa shape index (κ1) is 17.5. The maximum Gasteiger partial charge on any atom is 0.230 e. The van der Waals surface area contributed by atoms with Gasteiger partial charge in [-0.2, -0.15) is 0 Å². The second-order valence-corrected chi connectivity index (χ2v) is 7.07. The third-order valence-corrected chi connectivity index (χ3v) is 4.83. The zero-order valence-electron chi connectivity index (χ0n) is 14.4. The van der Waals surface area contributed by atoms with Crippen molar-refractivity contribution in [2.45, 2.75) is 32.1 Å². The van der Waals surface area contributed by atoms with Gasteiger partial charge in [0, 0.05) is 23.6 Å². The summed E-state index contributed by atoms with van der Waals surface area (Å²) in [5, 5.41) is 15.8. The highest BCUT2D eigenvalue weighted by Crippen LogP contribution is 2.17. The third-order valence-electron chi connectivity index (χ3n) is 3.91.